The van der Waals surface area contributed by atoms with Crippen LogP contribution in [-0.2, 0) is 19.1 Å². The predicted octanol–water partition coefficient (Wildman–Crippen LogP) is 0.932. The molecule has 0 aromatic carbocycles. The molecule has 0 aromatic heterocycles. The molecule has 0 unspecified atom stereocenters. The van der Waals surface area contributed by atoms with Gasteiger partial charge in [0.05, 0.1) is 26.3 Å². The molecule has 0 aliphatic heterocycles. The van der Waals surface area contributed by atoms with E-state index in [-0.39, 0.29) is 31.1 Å². The van der Waals surface area contributed by atoms with Gasteiger partial charge in [-0.3, -0.25) is 14.5 Å². The minimum Gasteiger partial charge on any atom is -0.465 e. The lowest BCUT2D eigenvalue weighted by atomic mass is 9.85. The normalized spacial score (nSPS) is 22.1. The molecule has 2 N–H and O–H groups in total. The highest BCUT2D eigenvalue weighted by molar-refractivity contribution is 5.75. The van der Waals surface area contributed by atoms with Gasteiger partial charge in [0, 0.05) is 6.04 Å². The van der Waals surface area contributed by atoms with Gasteiger partial charge in [0.1, 0.15) is 0 Å². The molecule has 122 valence electrons. The third-order valence-electron chi connectivity index (χ3n) is 3.94. The zero-order valence-corrected chi connectivity index (χ0v) is 13.2. The van der Waals surface area contributed by atoms with E-state index in [1.165, 1.54) is 0 Å². The molecule has 1 rings (SSSR count). The predicted molar refractivity (Wildman–Crippen MR) is 79.6 cm³/mol. The fraction of sp³-hybridized carbons (Fsp3) is 0.867. The van der Waals surface area contributed by atoms with Gasteiger partial charge in [-0.25, -0.2) is 0 Å². The molecule has 21 heavy (non-hydrogen) atoms. The van der Waals surface area contributed by atoms with Crippen molar-refractivity contribution in [1.29, 1.82) is 0 Å². The number of hydrogen-bond acceptors (Lipinski definition) is 6. The van der Waals surface area contributed by atoms with Crippen LogP contribution in [0.5, 0.6) is 0 Å². The second-order valence-corrected chi connectivity index (χ2v) is 5.43. The van der Waals surface area contributed by atoms with Gasteiger partial charge in [0.15, 0.2) is 0 Å². The highest BCUT2D eigenvalue weighted by atomic mass is 16.5. The smallest absolute Gasteiger partial charge is 0.320 e. The number of esters is 2. The van der Waals surface area contributed by atoms with E-state index in [0.717, 1.165) is 25.7 Å². The van der Waals surface area contributed by atoms with Crippen molar-refractivity contribution in [2.45, 2.75) is 45.6 Å². The first kappa shape index (κ1) is 17.9. The topological polar surface area (TPSA) is 81.9 Å². The first-order valence-corrected chi connectivity index (χ1v) is 7.86. The Bertz CT molecular complexity index is 308. The van der Waals surface area contributed by atoms with Crippen molar-refractivity contribution in [2.75, 3.05) is 32.8 Å². The second kappa shape index (κ2) is 9.73. The van der Waals surface area contributed by atoms with Crippen molar-refractivity contribution in [3.63, 3.8) is 0 Å². The Morgan fingerprint density at radius 3 is 1.86 bits per heavy atom. The zero-order chi connectivity index (χ0) is 15.7. The number of ether oxygens (including phenoxy) is 2. The molecule has 0 aromatic rings. The van der Waals surface area contributed by atoms with Crippen LogP contribution >= 0.6 is 0 Å². The first-order valence-electron chi connectivity index (χ1n) is 7.86. The molecule has 0 bridgehead atoms. The third kappa shape index (κ3) is 6.44. The fourth-order valence-electron chi connectivity index (χ4n) is 2.80. The highest BCUT2D eigenvalue weighted by Crippen LogP contribution is 2.26. The van der Waals surface area contributed by atoms with Crippen LogP contribution in [0.25, 0.3) is 0 Å². The largest absolute Gasteiger partial charge is 0.465 e. The van der Waals surface area contributed by atoms with E-state index in [1.807, 2.05) is 4.90 Å². The number of hydrogen-bond donors (Lipinski definition) is 1. The quantitative estimate of drug-likeness (QED) is 0.672. The Morgan fingerprint density at radius 2 is 1.48 bits per heavy atom. The van der Waals surface area contributed by atoms with Crippen LogP contribution in [0.4, 0.5) is 0 Å². The molecule has 1 aliphatic rings. The van der Waals surface area contributed by atoms with Crippen LogP contribution < -0.4 is 5.73 Å². The molecule has 6 nitrogen and oxygen atoms in total. The van der Waals surface area contributed by atoms with Crippen molar-refractivity contribution >= 4 is 11.9 Å². The Kier molecular flexibility index (Phi) is 8.30. The Hall–Kier alpha value is -1.14. The van der Waals surface area contributed by atoms with Crippen molar-refractivity contribution in [1.82, 2.24) is 4.90 Å². The SMILES string of the molecule is CCOC(=O)CN(CC(=O)OCC)C1CCC(CN)CC1. The van der Waals surface area contributed by atoms with Gasteiger partial charge in [-0.2, -0.15) is 0 Å². The van der Waals surface area contributed by atoms with Crippen LogP contribution in [0.1, 0.15) is 39.5 Å². The number of nitrogens with zero attached hydrogens (tertiary/aromatic N) is 1. The van der Waals surface area contributed by atoms with Crippen LogP contribution in [0, 0.1) is 5.92 Å². The van der Waals surface area contributed by atoms with E-state index in [0.29, 0.717) is 25.7 Å². The van der Waals surface area contributed by atoms with Gasteiger partial charge < -0.3 is 15.2 Å². The summed E-state index contributed by atoms with van der Waals surface area (Å²) in [6.07, 6.45) is 4.01. The summed E-state index contributed by atoms with van der Waals surface area (Å²) in [5.41, 5.74) is 5.70. The summed E-state index contributed by atoms with van der Waals surface area (Å²) in [5, 5.41) is 0. The highest BCUT2D eigenvalue weighted by Gasteiger charge is 2.28. The minimum absolute atomic E-state index is 0.143. The van der Waals surface area contributed by atoms with E-state index in [9.17, 15) is 9.59 Å². The third-order valence-corrected chi connectivity index (χ3v) is 3.94. The van der Waals surface area contributed by atoms with Crippen molar-refractivity contribution in [3.8, 4) is 0 Å². The second-order valence-electron chi connectivity index (χ2n) is 5.43. The monoisotopic (exact) mass is 300 g/mol. The van der Waals surface area contributed by atoms with E-state index < -0.39 is 0 Å². The number of nitrogens with two attached hydrogens (primary N) is 1. The van der Waals surface area contributed by atoms with E-state index in [1.54, 1.807) is 13.8 Å². The van der Waals surface area contributed by atoms with Gasteiger partial charge in [0.2, 0.25) is 0 Å². The molecule has 0 spiro atoms. The molecule has 1 aliphatic carbocycles. The summed E-state index contributed by atoms with van der Waals surface area (Å²) in [7, 11) is 0. The molecular weight excluding hydrogens is 272 g/mol. The molecular formula is C15H28N2O4. The average molecular weight is 300 g/mol. The van der Waals surface area contributed by atoms with Gasteiger partial charge >= 0.3 is 11.9 Å². The zero-order valence-electron chi connectivity index (χ0n) is 13.2. The van der Waals surface area contributed by atoms with E-state index in [2.05, 4.69) is 0 Å². The van der Waals surface area contributed by atoms with Gasteiger partial charge in [-0.1, -0.05) is 0 Å². The van der Waals surface area contributed by atoms with E-state index >= 15 is 0 Å². The van der Waals surface area contributed by atoms with Crippen LogP contribution in [0.3, 0.4) is 0 Å². The average Bonchev–Trinajstić information content (AvgIpc) is 2.47. The molecule has 0 saturated heterocycles. The lowest BCUT2D eigenvalue weighted by Crippen LogP contribution is -2.45. The maximum atomic E-state index is 11.7. The lowest BCUT2D eigenvalue weighted by Gasteiger charge is -2.35. The van der Waals surface area contributed by atoms with Crippen LogP contribution in [0.15, 0.2) is 0 Å². The van der Waals surface area contributed by atoms with Crippen molar-refractivity contribution in [3.05, 3.63) is 0 Å². The number of carbonyl (C=O) groups excluding carboxylic acids is 2. The van der Waals surface area contributed by atoms with Gasteiger partial charge in [0.25, 0.3) is 0 Å². The summed E-state index contributed by atoms with van der Waals surface area (Å²) in [4.78, 5) is 25.3. The van der Waals surface area contributed by atoms with Crippen molar-refractivity contribution < 1.29 is 19.1 Å². The maximum Gasteiger partial charge on any atom is 0.320 e. The Labute approximate surface area is 126 Å². The summed E-state index contributed by atoms with van der Waals surface area (Å²) in [6.45, 7) is 5.26. The molecule has 0 radical (unpaired) electrons. The number of rotatable bonds is 8. The molecule has 0 amide bonds. The molecule has 0 heterocycles. The summed E-state index contributed by atoms with van der Waals surface area (Å²) in [5.74, 6) is -0.0150. The van der Waals surface area contributed by atoms with Crippen LogP contribution in [0.2, 0.25) is 0 Å². The molecule has 6 heteroatoms. The summed E-state index contributed by atoms with van der Waals surface area (Å²) >= 11 is 0. The summed E-state index contributed by atoms with van der Waals surface area (Å²) in [6, 6.07) is 0.224. The van der Waals surface area contributed by atoms with E-state index in [4.69, 9.17) is 15.2 Å². The van der Waals surface area contributed by atoms with Gasteiger partial charge in [-0.15, -0.1) is 0 Å². The summed E-state index contributed by atoms with van der Waals surface area (Å²) < 4.78 is 9.99. The minimum atomic E-state index is -0.289. The molecule has 1 fully saturated rings. The first-order chi connectivity index (χ1) is 10.1. The van der Waals surface area contributed by atoms with Crippen molar-refractivity contribution in [2.24, 2.45) is 11.7 Å². The van der Waals surface area contributed by atoms with Gasteiger partial charge in [-0.05, 0) is 52.0 Å². The van der Waals surface area contributed by atoms with Crippen LogP contribution in [-0.4, -0.2) is 55.7 Å². The standard InChI is InChI=1S/C15H28N2O4/c1-3-20-14(18)10-17(11-15(19)21-4-2)13-7-5-12(9-16)6-8-13/h12-13H,3-11,16H2,1-2H3. The molecule has 0 atom stereocenters. The Balaban J connectivity index is 2.58. The molecule has 1 saturated carbocycles. The lowest BCUT2D eigenvalue weighted by molar-refractivity contribution is -0.149. The Morgan fingerprint density at radius 1 is 1.00 bits per heavy atom. The maximum absolute atomic E-state index is 11.7. The number of carbonyl (C=O) groups is 2. The fourth-order valence-corrected chi connectivity index (χ4v) is 2.80.